The van der Waals surface area contributed by atoms with E-state index < -0.39 is 34.8 Å². The van der Waals surface area contributed by atoms with Crippen LogP contribution in [0.1, 0.15) is 45.4 Å². The van der Waals surface area contributed by atoms with Gasteiger partial charge in [-0.2, -0.15) is 0 Å². The quantitative estimate of drug-likeness (QED) is 0.621. The van der Waals surface area contributed by atoms with Gasteiger partial charge in [0.05, 0.1) is 6.04 Å². The Bertz CT molecular complexity index is 470. The van der Waals surface area contributed by atoms with Crippen LogP contribution in [-0.4, -0.2) is 56.5 Å². The highest BCUT2D eigenvalue weighted by atomic mass is 16.4. The fourth-order valence-electron chi connectivity index (χ4n) is 3.92. The van der Waals surface area contributed by atoms with Gasteiger partial charge in [0, 0.05) is 6.54 Å². The number of carbonyl (C=O) groups is 3. The van der Waals surface area contributed by atoms with E-state index in [0.29, 0.717) is 25.8 Å². The second-order valence-electron chi connectivity index (χ2n) is 6.12. The predicted molar refractivity (Wildman–Crippen MR) is 73.8 cm³/mol. The smallest absolute Gasteiger partial charge is 0.332 e. The Morgan fingerprint density at radius 2 is 1.62 bits per heavy atom. The third-order valence-corrected chi connectivity index (χ3v) is 4.90. The molecule has 2 atom stereocenters. The first-order valence-electron chi connectivity index (χ1n) is 7.33. The number of Topliss-reactive ketones (excluding diaryl/α,β-unsaturated/α-hetero) is 1. The fourth-order valence-corrected chi connectivity index (χ4v) is 3.92. The van der Waals surface area contributed by atoms with Crippen molar-refractivity contribution in [3.8, 4) is 0 Å². The van der Waals surface area contributed by atoms with Crippen LogP contribution >= 0.6 is 0 Å². The Morgan fingerprint density at radius 1 is 1.05 bits per heavy atom. The van der Waals surface area contributed by atoms with Gasteiger partial charge in [0.15, 0.2) is 11.3 Å². The number of rotatable bonds is 5. The van der Waals surface area contributed by atoms with Crippen molar-refractivity contribution in [2.75, 3.05) is 6.54 Å². The van der Waals surface area contributed by atoms with Gasteiger partial charge in [-0.25, -0.2) is 4.79 Å². The molecule has 1 saturated heterocycles. The van der Waals surface area contributed by atoms with Crippen LogP contribution < -0.4 is 5.73 Å². The number of hydrogen-bond acceptors (Lipinski definition) is 5. The third-order valence-electron chi connectivity index (χ3n) is 4.90. The lowest BCUT2D eigenvalue weighted by Gasteiger charge is -2.44. The molecule has 1 aliphatic heterocycles. The van der Waals surface area contributed by atoms with Crippen molar-refractivity contribution >= 4 is 17.7 Å². The van der Waals surface area contributed by atoms with Gasteiger partial charge >= 0.3 is 11.9 Å². The predicted octanol–water partition coefficient (Wildman–Crippen LogP) is 0.219. The zero-order valence-electron chi connectivity index (χ0n) is 12.2. The fraction of sp³-hybridized carbons (Fsp3) is 0.786. The minimum Gasteiger partial charge on any atom is -0.480 e. The lowest BCUT2D eigenvalue weighted by molar-refractivity contribution is -0.168. The Balaban J connectivity index is 2.52. The van der Waals surface area contributed by atoms with Crippen molar-refractivity contribution in [2.45, 2.75) is 62.6 Å². The van der Waals surface area contributed by atoms with E-state index in [9.17, 15) is 24.6 Å². The molecule has 2 aliphatic rings. The number of hydrogen-bond donors (Lipinski definition) is 3. The molecule has 4 N–H and O–H groups in total. The Hall–Kier alpha value is -1.47. The molecule has 0 spiro atoms. The monoisotopic (exact) mass is 298 g/mol. The summed E-state index contributed by atoms with van der Waals surface area (Å²) in [5.74, 6) is -2.92. The highest BCUT2D eigenvalue weighted by Gasteiger charge is 2.63. The summed E-state index contributed by atoms with van der Waals surface area (Å²) in [7, 11) is 0. The Kier molecular flexibility index (Phi) is 4.08. The van der Waals surface area contributed by atoms with Gasteiger partial charge in [-0.15, -0.1) is 0 Å². The third kappa shape index (κ3) is 2.15. The maximum atomic E-state index is 12.5. The number of carboxylic acid groups (broad SMARTS) is 2. The van der Waals surface area contributed by atoms with E-state index in [-0.39, 0.29) is 6.42 Å². The highest BCUT2D eigenvalue weighted by molar-refractivity contribution is 6.10. The average molecular weight is 298 g/mol. The summed E-state index contributed by atoms with van der Waals surface area (Å²) in [5.41, 5.74) is 2.59. The largest absolute Gasteiger partial charge is 0.480 e. The molecule has 7 nitrogen and oxygen atoms in total. The van der Waals surface area contributed by atoms with Gasteiger partial charge in [0.1, 0.15) is 5.54 Å². The first-order chi connectivity index (χ1) is 9.79. The molecular weight excluding hydrogens is 276 g/mol. The lowest BCUT2D eigenvalue weighted by atomic mass is 9.82. The standard InChI is InChI=1S/C14H22N2O5/c1-9(15)10(17)14(12(20)21)7-4-8-16(14)13(11(18)19)5-2-3-6-13/h9H,2-8,15H2,1H3,(H,18,19)(H,20,21). The van der Waals surface area contributed by atoms with E-state index in [2.05, 4.69) is 0 Å². The SMILES string of the molecule is CC(N)C(=O)C1(C(=O)O)CCCN1C1(C(=O)O)CCCC1. The maximum Gasteiger partial charge on any atom is 0.332 e. The summed E-state index contributed by atoms with van der Waals surface area (Å²) in [6, 6.07) is -0.936. The van der Waals surface area contributed by atoms with Crippen LogP contribution in [0.25, 0.3) is 0 Å². The summed E-state index contributed by atoms with van der Waals surface area (Å²) < 4.78 is 0. The van der Waals surface area contributed by atoms with Crippen molar-refractivity contribution in [3.63, 3.8) is 0 Å². The molecule has 2 fully saturated rings. The normalized spacial score (nSPS) is 30.2. The van der Waals surface area contributed by atoms with E-state index in [1.54, 1.807) is 0 Å². The molecule has 1 heterocycles. The summed E-state index contributed by atoms with van der Waals surface area (Å²) in [6.07, 6.45) is 2.82. The summed E-state index contributed by atoms with van der Waals surface area (Å²) in [6.45, 7) is 1.75. The zero-order valence-corrected chi connectivity index (χ0v) is 12.2. The minimum atomic E-state index is -1.79. The van der Waals surface area contributed by atoms with Crippen molar-refractivity contribution in [1.29, 1.82) is 0 Å². The topological polar surface area (TPSA) is 121 Å². The van der Waals surface area contributed by atoms with Gasteiger partial charge in [0.2, 0.25) is 0 Å². The van der Waals surface area contributed by atoms with Crippen LogP contribution in [0.2, 0.25) is 0 Å². The van der Waals surface area contributed by atoms with Crippen molar-refractivity contribution in [1.82, 2.24) is 4.90 Å². The number of nitrogens with zero attached hydrogens (tertiary/aromatic N) is 1. The summed E-state index contributed by atoms with van der Waals surface area (Å²) in [5, 5.41) is 19.4. The number of carboxylic acids is 2. The number of ketones is 1. The van der Waals surface area contributed by atoms with Crippen LogP contribution in [-0.2, 0) is 14.4 Å². The van der Waals surface area contributed by atoms with E-state index in [4.69, 9.17) is 5.73 Å². The molecule has 1 saturated carbocycles. The number of aliphatic carboxylic acids is 2. The van der Waals surface area contributed by atoms with Gasteiger partial charge in [0.25, 0.3) is 0 Å². The molecule has 0 amide bonds. The minimum absolute atomic E-state index is 0.123. The molecule has 0 aromatic carbocycles. The number of nitrogens with two attached hydrogens (primary N) is 1. The van der Waals surface area contributed by atoms with Crippen LogP contribution in [0, 0.1) is 0 Å². The second kappa shape index (κ2) is 5.38. The molecule has 118 valence electrons. The zero-order chi connectivity index (χ0) is 15.8. The van der Waals surface area contributed by atoms with Crippen LogP contribution in [0.3, 0.4) is 0 Å². The molecule has 0 radical (unpaired) electrons. The van der Waals surface area contributed by atoms with E-state index in [1.165, 1.54) is 11.8 Å². The molecule has 21 heavy (non-hydrogen) atoms. The average Bonchev–Trinajstić information content (AvgIpc) is 3.05. The molecule has 2 unspecified atom stereocenters. The van der Waals surface area contributed by atoms with E-state index in [1.807, 2.05) is 0 Å². The lowest BCUT2D eigenvalue weighted by Crippen LogP contribution is -2.68. The van der Waals surface area contributed by atoms with Gasteiger partial charge in [-0.1, -0.05) is 12.8 Å². The van der Waals surface area contributed by atoms with Crippen molar-refractivity contribution in [3.05, 3.63) is 0 Å². The van der Waals surface area contributed by atoms with Crippen LogP contribution in [0.15, 0.2) is 0 Å². The molecule has 7 heteroatoms. The van der Waals surface area contributed by atoms with Crippen molar-refractivity contribution in [2.24, 2.45) is 5.73 Å². The van der Waals surface area contributed by atoms with Gasteiger partial charge in [-0.3, -0.25) is 14.5 Å². The Labute approximate surface area is 123 Å². The first kappa shape index (κ1) is 15.9. The van der Waals surface area contributed by atoms with Gasteiger partial charge < -0.3 is 15.9 Å². The van der Waals surface area contributed by atoms with Gasteiger partial charge in [-0.05, 0) is 32.6 Å². The van der Waals surface area contributed by atoms with Crippen LogP contribution in [0.4, 0.5) is 0 Å². The molecule has 0 bridgehead atoms. The summed E-state index contributed by atoms with van der Waals surface area (Å²) in [4.78, 5) is 37.6. The molecule has 0 aromatic heterocycles. The maximum absolute atomic E-state index is 12.5. The number of carbonyl (C=O) groups excluding carboxylic acids is 1. The molecule has 1 aliphatic carbocycles. The summed E-state index contributed by atoms with van der Waals surface area (Å²) >= 11 is 0. The van der Waals surface area contributed by atoms with Crippen molar-refractivity contribution < 1.29 is 24.6 Å². The highest BCUT2D eigenvalue weighted by Crippen LogP contribution is 2.45. The molecule has 0 aromatic rings. The van der Waals surface area contributed by atoms with E-state index in [0.717, 1.165) is 12.8 Å². The number of likely N-dealkylation sites (tertiary alicyclic amines) is 1. The first-order valence-corrected chi connectivity index (χ1v) is 7.33. The molecule has 2 rings (SSSR count). The molecular formula is C14H22N2O5. The second-order valence-corrected chi connectivity index (χ2v) is 6.12. The Morgan fingerprint density at radius 3 is 2.05 bits per heavy atom. The van der Waals surface area contributed by atoms with Crippen LogP contribution in [0.5, 0.6) is 0 Å². The van der Waals surface area contributed by atoms with E-state index >= 15 is 0 Å².